The minimum atomic E-state index is -0.420. The minimum Gasteiger partial charge on any atom is -0.497 e. The maximum absolute atomic E-state index is 12.2. The fraction of sp³-hybridized carbons (Fsp3) is 0.263. The molecule has 2 rings (SSSR count). The van der Waals surface area contributed by atoms with Gasteiger partial charge in [0, 0.05) is 11.1 Å². The molecule has 6 nitrogen and oxygen atoms in total. The van der Waals surface area contributed by atoms with Crippen molar-refractivity contribution in [2.24, 2.45) is 5.92 Å². The number of hydrazine groups is 1. The number of carbonyl (C=O) groups excluding carboxylic acids is 2. The number of nitrogens with one attached hydrogen (secondary N) is 2. The second kappa shape index (κ2) is 8.73. The molecule has 6 heteroatoms. The summed E-state index contributed by atoms with van der Waals surface area (Å²) in [6.07, 6.45) is 0. The van der Waals surface area contributed by atoms with Crippen LogP contribution < -0.4 is 20.3 Å². The van der Waals surface area contributed by atoms with Crippen LogP contribution in [0.2, 0.25) is 0 Å². The molecule has 0 aromatic heterocycles. The van der Waals surface area contributed by atoms with Crippen LogP contribution in [0.3, 0.4) is 0 Å². The van der Waals surface area contributed by atoms with Crippen molar-refractivity contribution in [3.63, 3.8) is 0 Å². The van der Waals surface area contributed by atoms with Gasteiger partial charge in [-0.2, -0.15) is 0 Å². The zero-order valence-corrected chi connectivity index (χ0v) is 14.5. The lowest BCUT2D eigenvalue weighted by molar-refractivity contribution is 0.0846. The summed E-state index contributed by atoms with van der Waals surface area (Å²) in [5, 5.41) is 0. The van der Waals surface area contributed by atoms with Crippen molar-refractivity contribution in [1.82, 2.24) is 10.9 Å². The molecule has 25 heavy (non-hydrogen) atoms. The summed E-state index contributed by atoms with van der Waals surface area (Å²) in [7, 11) is 1.55. The molecule has 0 unspecified atom stereocenters. The van der Waals surface area contributed by atoms with Crippen LogP contribution in [0.5, 0.6) is 11.5 Å². The van der Waals surface area contributed by atoms with E-state index in [1.807, 2.05) is 13.8 Å². The molecule has 0 fully saturated rings. The predicted octanol–water partition coefficient (Wildman–Crippen LogP) is 2.80. The van der Waals surface area contributed by atoms with Crippen LogP contribution in [0.4, 0.5) is 0 Å². The molecular weight excluding hydrogens is 320 g/mol. The normalized spacial score (nSPS) is 10.2. The Morgan fingerprint density at radius 2 is 1.56 bits per heavy atom. The first-order valence-corrected chi connectivity index (χ1v) is 7.97. The third-order valence-corrected chi connectivity index (χ3v) is 3.32. The molecule has 0 aliphatic heterocycles. The fourth-order valence-electron chi connectivity index (χ4n) is 1.99. The molecule has 0 aliphatic carbocycles. The van der Waals surface area contributed by atoms with E-state index in [0.29, 0.717) is 35.2 Å². The van der Waals surface area contributed by atoms with Crippen molar-refractivity contribution in [2.75, 3.05) is 13.7 Å². The molecule has 0 spiro atoms. The second-order valence-corrected chi connectivity index (χ2v) is 5.87. The van der Waals surface area contributed by atoms with E-state index >= 15 is 0 Å². The number of carbonyl (C=O) groups is 2. The zero-order chi connectivity index (χ0) is 18.2. The van der Waals surface area contributed by atoms with Crippen LogP contribution in [0.25, 0.3) is 0 Å². The number of hydrogen-bond donors (Lipinski definition) is 2. The highest BCUT2D eigenvalue weighted by molar-refractivity contribution is 5.99. The lowest BCUT2D eigenvalue weighted by Crippen LogP contribution is -2.41. The summed E-state index contributed by atoms with van der Waals surface area (Å²) >= 11 is 0. The van der Waals surface area contributed by atoms with Crippen molar-refractivity contribution in [1.29, 1.82) is 0 Å². The molecule has 0 atom stereocenters. The molecule has 132 valence electrons. The zero-order valence-electron chi connectivity index (χ0n) is 14.5. The first kappa shape index (κ1) is 18.3. The van der Waals surface area contributed by atoms with E-state index in [0.717, 1.165) is 0 Å². The first-order valence-electron chi connectivity index (χ1n) is 7.97. The number of methoxy groups -OCH3 is 1. The molecule has 2 aromatic carbocycles. The van der Waals surface area contributed by atoms with Crippen LogP contribution in [-0.2, 0) is 0 Å². The topological polar surface area (TPSA) is 76.7 Å². The van der Waals surface area contributed by atoms with Crippen molar-refractivity contribution in [3.8, 4) is 11.5 Å². The summed E-state index contributed by atoms with van der Waals surface area (Å²) in [6.45, 7) is 4.66. The Hall–Kier alpha value is -3.02. The molecule has 0 radical (unpaired) electrons. The van der Waals surface area contributed by atoms with Gasteiger partial charge in [0.15, 0.2) is 0 Å². The number of rotatable bonds is 6. The molecule has 0 saturated carbocycles. The highest BCUT2D eigenvalue weighted by Gasteiger charge is 2.10. The van der Waals surface area contributed by atoms with Crippen molar-refractivity contribution >= 4 is 11.8 Å². The van der Waals surface area contributed by atoms with E-state index in [9.17, 15) is 9.59 Å². The Kier molecular flexibility index (Phi) is 6.39. The van der Waals surface area contributed by atoms with E-state index in [1.165, 1.54) is 0 Å². The number of hydrogen-bond acceptors (Lipinski definition) is 4. The van der Waals surface area contributed by atoms with Crippen LogP contribution in [-0.4, -0.2) is 25.5 Å². The average molecular weight is 342 g/mol. The first-order chi connectivity index (χ1) is 12.0. The predicted molar refractivity (Wildman–Crippen MR) is 94.7 cm³/mol. The Morgan fingerprint density at radius 3 is 2.16 bits per heavy atom. The van der Waals surface area contributed by atoms with Gasteiger partial charge in [-0.05, 0) is 48.4 Å². The van der Waals surface area contributed by atoms with Crippen LogP contribution in [0, 0.1) is 5.92 Å². The van der Waals surface area contributed by atoms with E-state index in [4.69, 9.17) is 9.47 Å². The van der Waals surface area contributed by atoms with E-state index in [1.54, 1.807) is 55.6 Å². The molecule has 2 N–H and O–H groups in total. The van der Waals surface area contributed by atoms with Gasteiger partial charge >= 0.3 is 0 Å². The van der Waals surface area contributed by atoms with Gasteiger partial charge in [-0.15, -0.1) is 0 Å². The third-order valence-electron chi connectivity index (χ3n) is 3.32. The number of benzene rings is 2. The van der Waals surface area contributed by atoms with Crippen molar-refractivity contribution in [2.45, 2.75) is 13.8 Å². The fourth-order valence-corrected chi connectivity index (χ4v) is 1.99. The lowest BCUT2D eigenvalue weighted by Gasteiger charge is -2.11. The van der Waals surface area contributed by atoms with Crippen molar-refractivity contribution < 1.29 is 19.1 Å². The Labute approximate surface area is 147 Å². The molecule has 0 bridgehead atoms. The largest absolute Gasteiger partial charge is 0.497 e. The number of amides is 2. The Bertz CT molecular complexity index is 726. The average Bonchev–Trinajstić information content (AvgIpc) is 2.64. The van der Waals surface area contributed by atoms with Gasteiger partial charge in [0.25, 0.3) is 11.8 Å². The standard InChI is InChI=1S/C19H22N2O4/c1-13(2)12-25-17-6-4-5-15(11-17)19(23)21-20-18(22)14-7-9-16(24-3)10-8-14/h4-11,13H,12H2,1-3H3,(H,20,22)(H,21,23). The smallest absolute Gasteiger partial charge is 0.269 e. The van der Waals surface area contributed by atoms with Gasteiger partial charge in [0.2, 0.25) is 0 Å². The Morgan fingerprint density at radius 1 is 0.920 bits per heavy atom. The van der Waals surface area contributed by atoms with E-state index in [-0.39, 0.29) is 0 Å². The summed E-state index contributed by atoms with van der Waals surface area (Å²) in [5.41, 5.74) is 5.59. The number of ether oxygens (including phenoxy) is 2. The van der Waals surface area contributed by atoms with Crippen molar-refractivity contribution in [3.05, 3.63) is 59.7 Å². The van der Waals surface area contributed by atoms with Gasteiger partial charge in [0.1, 0.15) is 11.5 Å². The quantitative estimate of drug-likeness (QED) is 0.792. The molecule has 0 aliphatic rings. The molecule has 2 aromatic rings. The molecule has 0 heterocycles. The van der Waals surface area contributed by atoms with Gasteiger partial charge in [-0.1, -0.05) is 19.9 Å². The third kappa shape index (κ3) is 5.53. The van der Waals surface area contributed by atoms with Gasteiger partial charge in [0.05, 0.1) is 13.7 Å². The highest BCUT2D eigenvalue weighted by atomic mass is 16.5. The van der Waals surface area contributed by atoms with Crippen LogP contribution in [0.15, 0.2) is 48.5 Å². The minimum absolute atomic E-state index is 0.390. The summed E-state index contributed by atoms with van der Waals surface area (Å²) < 4.78 is 10.6. The van der Waals surface area contributed by atoms with Crippen LogP contribution >= 0.6 is 0 Å². The van der Waals surface area contributed by atoms with Gasteiger partial charge in [-0.3, -0.25) is 20.4 Å². The van der Waals surface area contributed by atoms with E-state index in [2.05, 4.69) is 10.9 Å². The highest BCUT2D eigenvalue weighted by Crippen LogP contribution is 2.14. The summed E-state index contributed by atoms with van der Waals surface area (Å²) in [6, 6.07) is 13.4. The van der Waals surface area contributed by atoms with Gasteiger partial charge in [-0.25, -0.2) is 0 Å². The Balaban J connectivity index is 1.92. The SMILES string of the molecule is COc1ccc(C(=O)NNC(=O)c2cccc(OCC(C)C)c2)cc1. The molecule has 0 saturated heterocycles. The second-order valence-electron chi connectivity index (χ2n) is 5.87. The molecule has 2 amide bonds. The summed E-state index contributed by atoms with van der Waals surface area (Å²) in [5.74, 6) is 0.822. The molecular formula is C19H22N2O4. The monoisotopic (exact) mass is 342 g/mol. The lowest BCUT2D eigenvalue weighted by atomic mass is 10.2. The summed E-state index contributed by atoms with van der Waals surface area (Å²) in [4.78, 5) is 24.2. The van der Waals surface area contributed by atoms with Crippen LogP contribution in [0.1, 0.15) is 34.6 Å². The van der Waals surface area contributed by atoms with E-state index < -0.39 is 11.8 Å². The maximum atomic E-state index is 12.2. The van der Waals surface area contributed by atoms with Gasteiger partial charge < -0.3 is 9.47 Å². The maximum Gasteiger partial charge on any atom is 0.269 e.